The van der Waals surface area contributed by atoms with Gasteiger partial charge in [0.25, 0.3) is 5.91 Å². The summed E-state index contributed by atoms with van der Waals surface area (Å²) < 4.78 is 5.42. The summed E-state index contributed by atoms with van der Waals surface area (Å²) in [5, 5.41) is 13.4. The zero-order valence-corrected chi connectivity index (χ0v) is 20.7. The molecule has 35 heavy (non-hydrogen) atoms. The minimum atomic E-state index is -1.04. The fourth-order valence-electron chi connectivity index (χ4n) is 6.43. The van der Waals surface area contributed by atoms with Crippen molar-refractivity contribution >= 4 is 17.6 Å². The fraction of sp³-hybridized carbons (Fsp3) is 0.667. The Hall–Kier alpha value is -2.29. The summed E-state index contributed by atoms with van der Waals surface area (Å²) in [5.41, 5.74) is 0.747. The van der Waals surface area contributed by atoms with E-state index < -0.39 is 23.8 Å². The number of amides is 2. The molecule has 1 aliphatic carbocycles. The van der Waals surface area contributed by atoms with E-state index in [0.717, 1.165) is 38.8 Å². The van der Waals surface area contributed by atoms with Gasteiger partial charge in [0.1, 0.15) is 30.4 Å². The number of hydrogen-bond acceptors (Lipinski definition) is 6. The van der Waals surface area contributed by atoms with Crippen molar-refractivity contribution < 1.29 is 24.2 Å². The number of nitrogens with zero attached hydrogens (tertiary/aromatic N) is 2. The molecule has 4 fully saturated rings. The summed E-state index contributed by atoms with van der Waals surface area (Å²) >= 11 is 0. The summed E-state index contributed by atoms with van der Waals surface area (Å²) in [6.07, 6.45) is 3.40. The Balaban J connectivity index is 1.27. The lowest BCUT2D eigenvalue weighted by atomic mass is 9.88. The Morgan fingerprint density at radius 3 is 2.40 bits per heavy atom. The second-order valence-electron chi connectivity index (χ2n) is 11.0. The van der Waals surface area contributed by atoms with E-state index in [1.165, 1.54) is 10.5 Å². The van der Waals surface area contributed by atoms with Crippen molar-refractivity contribution in [3.63, 3.8) is 0 Å². The normalized spacial score (nSPS) is 29.1. The average Bonchev–Trinajstić information content (AvgIpc) is 3.57. The number of carbonyl (C=O) groups is 3. The molecule has 1 saturated carbocycles. The molecule has 1 aromatic carbocycles. The molecule has 0 aromatic heterocycles. The second-order valence-corrected chi connectivity index (χ2v) is 11.0. The highest BCUT2D eigenvalue weighted by Crippen LogP contribution is 2.36. The molecule has 3 atom stereocenters. The van der Waals surface area contributed by atoms with E-state index in [-0.39, 0.29) is 30.7 Å². The highest BCUT2D eigenvalue weighted by Gasteiger charge is 2.56. The van der Waals surface area contributed by atoms with E-state index in [0.29, 0.717) is 30.4 Å². The van der Waals surface area contributed by atoms with Crippen LogP contribution in [0.2, 0.25) is 0 Å². The van der Waals surface area contributed by atoms with Crippen molar-refractivity contribution in [3.8, 4) is 0 Å². The van der Waals surface area contributed by atoms with Gasteiger partial charge in [-0.05, 0) is 76.2 Å². The lowest BCUT2D eigenvalue weighted by Gasteiger charge is -2.35. The predicted octanol–water partition coefficient (Wildman–Crippen LogP) is 1.86. The van der Waals surface area contributed by atoms with Crippen molar-refractivity contribution in [2.24, 2.45) is 0 Å². The topological polar surface area (TPSA) is 99.2 Å². The first-order valence-electron chi connectivity index (χ1n) is 13.1. The second kappa shape index (κ2) is 9.64. The number of carbonyl (C=O) groups excluding carboxylic acids is 3. The summed E-state index contributed by atoms with van der Waals surface area (Å²) in [4.78, 5) is 43.3. The fourth-order valence-corrected chi connectivity index (χ4v) is 6.43. The van der Waals surface area contributed by atoms with E-state index in [1.807, 2.05) is 24.3 Å². The molecule has 5 rings (SSSR count). The highest BCUT2D eigenvalue weighted by molar-refractivity contribution is 6.01. The van der Waals surface area contributed by atoms with Gasteiger partial charge in [0.2, 0.25) is 5.91 Å². The predicted molar refractivity (Wildman–Crippen MR) is 130 cm³/mol. The van der Waals surface area contributed by atoms with Crippen LogP contribution in [0.3, 0.4) is 0 Å². The molecular weight excluding hydrogens is 446 g/mol. The molecule has 8 heteroatoms. The quantitative estimate of drug-likeness (QED) is 0.663. The maximum atomic E-state index is 13.7. The lowest BCUT2D eigenvalue weighted by Crippen LogP contribution is -2.60. The van der Waals surface area contributed by atoms with Gasteiger partial charge in [-0.15, -0.1) is 0 Å². The molecule has 1 aromatic rings. The highest BCUT2D eigenvalue weighted by atomic mass is 16.5. The maximum absolute atomic E-state index is 13.7. The standard InChI is InChI=1S/C27H37N3O5/c1-17(2)29-13-9-19(10-14-29)18-5-7-20(8-6-18)25(33)28-27(11-3-4-12-27)26(34)30-15-21(31)24-23(30)22(32)16-35-24/h5-8,17,19,21,23-24,31H,3-4,9-16H2,1-2H3,(H,28,33)/t21-,23-,24-/m1/s1. The van der Waals surface area contributed by atoms with Crippen LogP contribution in [0.25, 0.3) is 0 Å². The summed E-state index contributed by atoms with van der Waals surface area (Å²) in [6.45, 7) is 6.63. The Morgan fingerprint density at radius 1 is 1.11 bits per heavy atom. The van der Waals surface area contributed by atoms with Crippen LogP contribution in [-0.2, 0) is 14.3 Å². The molecule has 0 radical (unpaired) electrons. The first kappa shape index (κ1) is 24.4. The Labute approximate surface area is 207 Å². The molecule has 0 bridgehead atoms. The Kier molecular flexibility index (Phi) is 6.72. The van der Waals surface area contributed by atoms with Crippen molar-refractivity contribution in [2.45, 2.75) is 88.1 Å². The van der Waals surface area contributed by atoms with Crippen LogP contribution in [0.1, 0.15) is 74.2 Å². The number of ether oxygens (including phenoxy) is 1. The molecule has 2 amide bonds. The van der Waals surface area contributed by atoms with E-state index >= 15 is 0 Å². The largest absolute Gasteiger partial charge is 0.388 e. The van der Waals surface area contributed by atoms with Gasteiger partial charge in [-0.3, -0.25) is 14.4 Å². The number of nitrogens with one attached hydrogen (secondary N) is 1. The number of rotatable bonds is 5. The van der Waals surface area contributed by atoms with E-state index in [2.05, 4.69) is 24.1 Å². The first-order valence-corrected chi connectivity index (χ1v) is 13.1. The summed E-state index contributed by atoms with van der Waals surface area (Å²) in [7, 11) is 0. The molecule has 8 nitrogen and oxygen atoms in total. The molecule has 190 valence electrons. The number of fused-ring (bicyclic) bond motifs is 1. The van der Waals surface area contributed by atoms with Crippen LogP contribution in [0, 0.1) is 0 Å². The van der Waals surface area contributed by atoms with Gasteiger partial charge >= 0.3 is 0 Å². The number of aliphatic hydroxyl groups is 1. The van der Waals surface area contributed by atoms with Gasteiger partial charge in [0, 0.05) is 11.6 Å². The monoisotopic (exact) mass is 483 g/mol. The van der Waals surface area contributed by atoms with Crippen molar-refractivity contribution in [3.05, 3.63) is 35.4 Å². The van der Waals surface area contributed by atoms with Crippen LogP contribution >= 0.6 is 0 Å². The third-order valence-electron chi connectivity index (χ3n) is 8.54. The number of ketones is 1. The smallest absolute Gasteiger partial charge is 0.252 e. The Morgan fingerprint density at radius 2 is 1.77 bits per heavy atom. The maximum Gasteiger partial charge on any atom is 0.252 e. The first-order chi connectivity index (χ1) is 16.8. The molecular formula is C27H37N3O5. The van der Waals surface area contributed by atoms with Gasteiger partial charge in [-0.25, -0.2) is 0 Å². The molecule has 2 N–H and O–H groups in total. The van der Waals surface area contributed by atoms with Gasteiger partial charge in [-0.1, -0.05) is 25.0 Å². The van der Waals surface area contributed by atoms with Crippen LogP contribution in [0.4, 0.5) is 0 Å². The lowest BCUT2D eigenvalue weighted by molar-refractivity contribution is -0.142. The summed E-state index contributed by atoms with van der Waals surface area (Å²) in [5.74, 6) is -0.228. The zero-order valence-electron chi connectivity index (χ0n) is 20.7. The number of likely N-dealkylation sites (tertiary alicyclic amines) is 2. The van der Waals surface area contributed by atoms with Crippen LogP contribution in [-0.4, -0.2) is 88.6 Å². The van der Waals surface area contributed by atoms with Crippen molar-refractivity contribution in [1.29, 1.82) is 0 Å². The zero-order chi connectivity index (χ0) is 24.7. The minimum Gasteiger partial charge on any atom is -0.388 e. The van der Waals surface area contributed by atoms with Crippen LogP contribution in [0.15, 0.2) is 24.3 Å². The van der Waals surface area contributed by atoms with Gasteiger partial charge in [0.15, 0.2) is 5.78 Å². The number of Topliss-reactive ketones (excluding diaryl/α,β-unsaturated/α-hetero) is 1. The van der Waals surface area contributed by atoms with E-state index in [1.54, 1.807) is 0 Å². The molecule has 4 aliphatic rings. The summed E-state index contributed by atoms with van der Waals surface area (Å²) in [6, 6.07) is 7.62. The molecule has 3 aliphatic heterocycles. The molecule has 3 heterocycles. The third-order valence-corrected chi connectivity index (χ3v) is 8.54. The molecule has 0 unspecified atom stereocenters. The number of β-amino-alcohol motifs (C(OH)–C–C–N with tert-alkyl or cyclic N) is 1. The number of aliphatic hydroxyl groups excluding tert-OH is 1. The van der Waals surface area contributed by atoms with Crippen LogP contribution < -0.4 is 5.32 Å². The van der Waals surface area contributed by atoms with Gasteiger partial charge in [0.05, 0.1) is 6.54 Å². The minimum absolute atomic E-state index is 0.0574. The third kappa shape index (κ3) is 4.52. The molecule has 3 saturated heterocycles. The van der Waals surface area contributed by atoms with E-state index in [4.69, 9.17) is 4.74 Å². The Bertz CT molecular complexity index is 964. The SMILES string of the molecule is CC(C)N1CCC(c2ccc(C(=O)NC3(C(=O)N4C[C@@H](O)[C@H]5OCC(=O)[C@H]54)CCCC3)cc2)CC1. The average molecular weight is 484 g/mol. The van der Waals surface area contributed by atoms with Crippen molar-refractivity contribution in [2.75, 3.05) is 26.2 Å². The van der Waals surface area contributed by atoms with Gasteiger partial charge < -0.3 is 25.0 Å². The van der Waals surface area contributed by atoms with Crippen LogP contribution in [0.5, 0.6) is 0 Å². The van der Waals surface area contributed by atoms with E-state index in [9.17, 15) is 19.5 Å². The van der Waals surface area contributed by atoms with Crippen molar-refractivity contribution in [1.82, 2.24) is 15.1 Å². The number of benzene rings is 1. The number of piperidine rings is 1. The number of hydrogen-bond donors (Lipinski definition) is 2. The molecule has 0 spiro atoms. The van der Waals surface area contributed by atoms with Gasteiger partial charge in [-0.2, -0.15) is 0 Å².